The van der Waals surface area contributed by atoms with Gasteiger partial charge in [-0.25, -0.2) is 0 Å². The second-order valence-electron chi connectivity index (χ2n) is 3.95. The summed E-state index contributed by atoms with van der Waals surface area (Å²) in [5.41, 5.74) is 4.95. The Labute approximate surface area is 95.0 Å². The first-order valence-corrected chi connectivity index (χ1v) is 6.19. The van der Waals surface area contributed by atoms with Gasteiger partial charge in [-0.1, -0.05) is 41.7 Å². The summed E-state index contributed by atoms with van der Waals surface area (Å²) in [5.74, 6) is 0. The van der Waals surface area contributed by atoms with Crippen LogP contribution < -0.4 is 4.57 Å². The summed E-state index contributed by atoms with van der Waals surface area (Å²) in [6.45, 7) is 4.44. The summed E-state index contributed by atoms with van der Waals surface area (Å²) in [7, 11) is 0. The van der Waals surface area contributed by atoms with Crippen LogP contribution in [0.25, 0.3) is 0 Å². The second kappa shape index (κ2) is 4.58. The number of aromatic nitrogens is 1. The van der Waals surface area contributed by atoms with Crippen molar-refractivity contribution in [3.8, 4) is 0 Å². The Bertz CT molecular complexity index is 419. The topological polar surface area (TPSA) is 3.88 Å². The van der Waals surface area contributed by atoms with Crippen LogP contribution in [0.2, 0.25) is 0 Å². The van der Waals surface area contributed by atoms with Gasteiger partial charge >= 0.3 is 0 Å². The molecule has 0 fully saturated rings. The minimum Gasteiger partial charge on any atom is -0.190 e. The smallest absolute Gasteiger partial charge is 0.190 e. The van der Waals surface area contributed by atoms with E-state index in [1.807, 2.05) is 0 Å². The number of benzene rings is 1. The van der Waals surface area contributed by atoms with Crippen LogP contribution in [0.1, 0.15) is 24.2 Å². The molecule has 0 amide bonds. The van der Waals surface area contributed by atoms with Crippen molar-refractivity contribution >= 4 is 11.3 Å². The van der Waals surface area contributed by atoms with Crippen molar-refractivity contribution in [2.45, 2.75) is 26.3 Å². The van der Waals surface area contributed by atoms with E-state index in [-0.39, 0.29) is 0 Å². The molecule has 0 spiro atoms. The van der Waals surface area contributed by atoms with Gasteiger partial charge in [0.2, 0.25) is 5.51 Å². The maximum atomic E-state index is 2.34. The zero-order chi connectivity index (χ0) is 10.7. The quantitative estimate of drug-likeness (QED) is 0.697. The van der Waals surface area contributed by atoms with Crippen molar-refractivity contribution in [2.75, 3.05) is 0 Å². The minimum absolute atomic E-state index is 0.540. The Morgan fingerprint density at radius 3 is 2.60 bits per heavy atom. The molecule has 2 aromatic rings. The Kier molecular flexibility index (Phi) is 3.17. The molecule has 1 aromatic carbocycles. The number of rotatable bonds is 3. The Hall–Kier alpha value is -1.15. The van der Waals surface area contributed by atoms with Crippen molar-refractivity contribution in [1.29, 1.82) is 0 Å². The first kappa shape index (κ1) is 10.4. The van der Waals surface area contributed by atoms with Crippen molar-refractivity contribution in [2.24, 2.45) is 0 Å². The molecule has 0 aliphatic heterocycles. The van der Waals surface area contributed by atoms with Crippen LogP contribution in [0.4, 0.5) is 0 Å². The highest BCUT2D eigenvalue weighted by molar-refractivity contribution is 7.07. The molecule has 0 aliphatic rings. The normalized spacial score (nSPS) is 12.7. The van der Waals surface area contributed by atoms with Crippen LogP contribution in [-0.2, 0) is 6.42 Å². The zero-order valence-electron chi connectivity index (χ0n) is 9.18. The summed E-state index contributed by atoms with van der Waals surface area (Å²) in [4.78, 5) is 0. The predicted molar refractivity (Wildman–Crippen MR) is 64.1 cm³/mol. The predicted octanol–water partition coefficient (Wildman–Crippen LogP) is 3.15. The Balaban J connectivity index is 2.11. The lowest BCUT2D eigenvalue weighted by Crippen LogP contribution is -2.39. The van der Waals surface area contributed by atoms with Gasteiger partial charge in [0.1, 0.15) is 0 Å². The van der Waals surface area contributed by atoms with Crippen LogP contribution >= 0.6 is 11.3 Å². The van der Waals surface area contributed by atoms with Gasteiger partial charge in [-0.2, -0.15) is 4.57 Å². The molecule has 1 atom stereocenters. The van der Waals surface area contributed by atoms with Gasteiger partial charge in [-0.3, -0.25) is 0 Å². The van der Waals surface area contributed by atoms with Crippen LogP contribution in [0.5, 0.6) is 0 Å². The standard InChI is InChI=1S/C13H16NS/c1-11(14-10-15-9-12(14)2)8-13-6-4-3-5-7-13/h3-7,9-11H,8H2,1-2H3/q+1. The van der Waals surface area contributed by atoms with Gasteiger partial charge in [-0.05, 0) is 12.5 Å². The Morgan fingerprint density at radius 2 is 2.00 bits per heavy atom. The van der Waals surface area contributed by atoms with E-state index in [1.165, 1.54) is 11.3 Å². The molecule has 1 unspecified atom stereocenters. The molecule has 0 saturated heterocycles. The number of hydrogen-bond donors (Lipinski definition) is 0. The molecule has 1 aromatic heterocycles. The van der Waals surface area contributed by atoms with E-state index in [0.717, 1.165) is 6.42 Å². The van der Waals surface area contributed by atoms with Crippen molar-refractivity contribution in [1.82, 2.24) is 0 Å². The lowest BCUT2D eigenvalue weighted by atomic mass is 10.1. The number of hydrogen-bond acceptors (Lipinski definition) is 1. The van der Waals surface area contributed by atoms with E-state index < -0.39 is 0 Å². The fourth-order valence-corrected chi connectivity index (χ4v) is 2.73. The number of thiazole rings is 1. The molecule has 0 saturated carbocycles. The summed E-state index contributed by atoms with van der Waals surface area (Å²) < 4.78 is 2.34. The fourth-order valence-electron chi connectivity index (χ4n) is 1.84. The molecule has 15 heavy (non-hydrogen) atoms. The first-order valence-electron chi connectivity index (χ1n) is 5.25. The van der Waals surface area contributed by atoms with E-state index in [1.54, 1.807) is 11.3 Å². The second-order valence-corrected chi connectivity index (χ2v) is 4.67. The third-order valence-electron chi connectivity index (χ3n) is 2.67. The van der Waals surface area contributed by atoms with Gasteiger partial charge in [-0.15, -0.1) is 0 Å². The van der Waals surface area contributed by atoms with Gasteiger partial charge in [0.05, 0.1) is 5.38 Å². The average Bonchev–Trinajstić information content (AvgIpc) is 2.66. The van der Waals surface area contributed by atoms with E-state index in [2.05, 4.69) is 59.6 Å². The van der Waals surface area contributed by atoms with Crippen LogP contribution in [0.3, 0.4) is 0 Å². The average molecular weight is 218 g/mol. The van der Waals surface area contributed by atoms with Gasteiger partial charge in [0.15, 0.2) is 11.7 Å². The van der Waals surface area contributed by atoms with E-state index in [9.17, 15) is 0 Å². The Morgan fingerprint density at radius 1 is 1.27 bits per heavy atom. The monoisotopic (exact) mass is 218 g/mol. The van der Waals surface area contributed by atoms with Crippen molar-refractivity contribution < 1.29 is 4.57 Å². The molecular formula is C13H16NS+. The zero-order valence-corrected chi connectivity index (χ0v) is 10.00. The largest absolute Gasteiger partial charge is 0.225 e. The number of aryl methyl sites for hydroxylation is 1. The van der Waals surface area contributed by atoms with Crippen molar-refractivity contribution in [3.05, 3.63) is 52.5 Å². The van der Waals surface area contributed by atoms with Crippen LogP contribution in [0.15, 0.2) is 41.2 Å². The highest BCUT2D eigenvalue weighted by Crippen LogP contribution is 2.10. The van der Waals surface area contributed by atoms with E-state index in [0.29, 0.717) is 6.04 Å². The third-order valence-corrected chi connectivity index (χ3v) is 3.50. The SMILES string of the molecule is Cc1csc[n+]1C(C)Cc1ccccc1. The maximum Gasteiger partial charge on any atom is 0.225 e. The molecule has 0 radical (unpaired) electrons. The maximum absolute atomic E-state index is 2.34. The first-order chi connectivity index (χ1) is 7.27. The lowest BCUT2D eigenvalue weighted by molar-refractivity contribution is -0.720. The molecule has 2 heteroatoms. The summed E-state index contributed by atoms with van der Waals surface area (Å²) in [6, 6.07) is 11.2. The highest BCUT2D eigenvalue weighted by Gasteiger charge is 2.16. The van der Waals surface area contributed by atoms with Crippen LogP contribution in [-0.4, -0.2) is 0 Å². The molecule has 0 aliphatic carbocycles. The van der Waals surface area contributed by atoms with Crippen molar-refractivity contribution in [3.63, 3.8) is 0 Å². The number of nitrogens with zero attached hydrogens (tertiary/aromatic N) is 1. The summed E-state index contributed by atoms with van der Waals surface area (Å²) in [5, 5.41) is 2.20. The molecule has 0 bridgehead atoms. The van der Waals surface area contributed by atoms with Crippen LogP contribution in [0, 0.1) is 6.92 Å². The van der Waals surface area contributed by atoms with E-state index >= 15 is 0 Å². The molecular weight excluding hydrogens is 202 g/mol. The van der Waals surface area contributed by atoms with E-state index in [4.69, 9.17) is 0 Å². The van der Waals surface area contributed by atoms with Gasteiger partial charge < -0.3 is 0 Å². The molecule has 1 nitrogen and oxygen atoms in total. The third kappa shape index (κ3) is 2.45. The molecule has 1 heterocycles. The highest BCUT2D eigenvalue weighted by atomic mass is 32.1. The molecule has 2 rings (SSSR count). The van der Waals surface area contributed by atoms with Gasteiger partial charge in [0.25, 0.3) is 0 Å². The molecule has 0 N–H and O–H groups in total. The summed E-state index contributed by atoms with van der Waals surface area (Å²) >= 11 is 1.77. The van der Waals surface area contributed by atoms with Gasteiger partial charge in [0, 0.05) is 13.3 Å². The molecule has 78 valence electrons. The lowest BCUT2D eigenvalue weighted by Gasteiger charge is -2.06. The summed E-state index contributed by atoms with van der Waals surface area (Å²) in [6.07, 6.45) is 1.10. The fraction of sp³-hybridized carbons (Fsp3) is 0.308. The minimum atomic E-state index is 0.540.